The van der Waals surface area contributed by atoms with Crippen LogP contribution < -0.4 is 0 Å². The number of aliphatic carboxylic acids is 1. The molecule has 1 rings (SSSR count). The van der Waals surface area contributed by atoms with Crippen molar-refractivity contribution >= 4 is 16.2 Å². The zero-order valence-electron chi connectivity index (χ0n) is 8.32. The molecule has 0 radical (unpaired) electrons. The summed E-state index contributed by atoms with van der Waals surface area (Å²) in [4.78, 5) is 9.76. The molecule has 0 heterocycles. The quantitative estimate of drug-likeness (QED) is 0.650. The van der Waals surface area contributed by atoms with Gasteiger partial charge in [-0.1, -0.05) is 12.1 Å². The van der Waals surface area contributed by atoms with Crippen LogP contribution in [0, 0.1) is 0 Å². The van der Waals surface area contributed by atoms with Gasteiger partial charge in [-0.3, -0.25) is 0 Å². The van der Waals surface area contributed by atoms with E-state index in [0.717, 1.165) is 24.3 Å². The van der Waals surface area contributed by atoms with Crippen molar-refractivity contribution in [1.29, 1.82) is 0 Å². The molecule has 0 aliphatic carbocycles. The molecule has 0 saturated heterocycles. The van der Waals surface area contributed by atoms with Crippen LogP contribution in [0.15, 0.2) is 29.2 Å². The van der Waals surface area contributed by atoms with Gasteiger partial charge in [0.25, 0.3) is 0 Å². The van der Waals surface area contributed by atoms with Crippen LogP contribution >= 0.6 is 0 Å². The van der Waals surface area contributed by atoms with Crippen LogP contribution in [0.4, 0.5) is 3.89 Å². The van der Waals surface area contributed by atoms with Crippen molar-refractivity contribution in [1.82, 2.24) is 0 Å². The molecule has 0 fully saturated rings. The summed E-state index contributed by atoms with van der Waals surface area (Å²) in [5, 5.41) is 26.8. The van der Waals surface area contributed by atoms with E-state index in [1.807, 2.05) is 0 Å². The third-order valence-corrected chi connectivity index (χ3v) is 2.89. The fourth-order valence-electron chi connectivity index (χ4n) is 1.14. The molecule has 17 heavy (non-hydrogen) atoms. The molecule has 0 spiro atoms. The van der Waals surface area contributed by atoms with Crippen LogP contribution in [-0.4, -0.2) is 35.8 Å². The van der Waals surface area contributed by atoms with Gasteiger partial charge in [-0.15, -0.1) is 3.89 Å². The van der Waals surface area contributed by atoms with Gasteiger partial charge in [-0.25, -0.2) is 4.79 Å². The number of hydrogen-bond donors (Lipinski definition) is 3. The molecule has 0 saturated carbocycles. The normalized spacial score (nSPS) is 15.2. The minimum absolute atomic E-state index is 0.0349. The van der Waals surface area contributed by atoms with Crippen LogP contribution in [-0.2, 0) is 15.0 Å². The van der Waals surface area contributed by atoms with Crippen molar-refractivity contribution in [3.05, 3.63) is 29.8 Å². The molecule has 0 bridgehead atoms. The topological polar surface area (TPSA) is 112 Å². The fraction of sp³-hybridized carbons (Fsp3) is 0.222. The second-order valence-electron chi connectivity index (χ2n) is 3.23. The predicted octanol–water partition coefficient (Wildman–Crippen LogP) is -0.176. The van der Waals surface area contributed by atoms with Crippen LogP contribution in [0.2, 0.25) is 0 Å². The van der Waals surface area contributed by atoms with Crippen molar-refractivity contribution in [2.45, 2.75) is 17.1 Å². The van der Waals surface area contributed by atoms with Crippen molar-refractivity contribution in [2.24, 2.45) is 0 Å². The largest absolute Gasteiger partial charge is 0.479 e. The SMILES string of the molecule is O=C(O)C(O)C(O)c1ccc(S(=O)(=O)F)cc1. The van der Waals surface area contributed by atoms with Gasteiger partial charge in [0.05, 0.1) is 4.90 Å². The minimum atomic E-state index is -4.84. The van der Waals surface area contributed by atoms with Gasteiger partial charge in [-0.05, 0) is 17.7 Å². The third-order valence-electron chi connectivity index (χ3n) is 2.06. The summed E-state index contributed by atoms with van der Waals surface area (Å²) >= 11 is 0. The average molecular weight is 264 g/mol. The van der Waals surface area contributed by atoms with Crippen LogP contribution in [0.3, 0.4) is 0 Å². The Morgan fingerprint density at radius 3 is 2.00 bits per heavy atom. The minimum Gasteiger partial charge on any atom is -0.479 e. The Kier molecular flexibility index (Phi) is 3.81. The van der Waals surface area contributed by atoms with Crippen LogP contribution in [0.5, 0.6) is 0 Å². The Morgan fingerprint density at radius 2 is 1.65 bits per heavy atom. The lowest BCUT2D eigenvalue weighted by molar-refractivity contribution is -0.153. The van der Waals surface area contributed by atoms with E-state index in [1.54, 1.807) is 0 Å². The zero-order chi connectivity index (χ0) is 13.2. The number of aliphatic hydroxyl groups excluding tert-OH is 2. The summed E-state index contributed by atoms with van der Waals surface area (Å²) < 4.78 is 33.5. The number of carboxylic acid groups (broad SMARTS) is 1. The molecule has 6 nitrogen and oxygen atoms in total. The molecule has 1 aromatic rings. The molecule has 0 aliphatic rings. The number of carbonyl (C=O) groups is 1. The number of halogens is 1. The van der Waals surface area contributed by atoms with Gasteiger partial charge in [0, 0.05) is 0 Å². The molecule has 3 N–H and O–H groups in total. The molecule has 94 valence electrons. The van der Waals surface area contributed by atoms with Gasteiger partial charge in [0.2, 0.25) is 0 Å². The van der Waals surface area contributed by atoms with Crippen molar-refractivity contribution in [2.75, 3.05) is 0 Å². The van der Waals surface area contributed by atoms with Crippen LogP contribution in [0.1, 0.15) is 11.7 Å². The summed E-state index contributed by atoms with van der Waals surface area (Å²) in [5.74, 6) is -1.63. The Morgan fingerprint density at radius 1 is 1.18 bits per heavy atom. The van der Waals surface area contributed by atoms with E-state index >= 15 is 0 Å². The van der Waals surface area contributed by atoms with E-state index in [0.29, 0.717) is 0 Å². The first-order valence-electron chi connectivity index (χ1n) is 4.37. The van der Waals surface area contributed by atoms with E-state index in [4.69, 9.17) is 10.2 Å². The maximum atomic E-state index is 12.5. The standard InChI is InChI=1S/C9H9FO6S/c10-17(15,16)6-3-1-5(2-4-6)7(11)8(12)9(13)14/h1-4,7-8,11-12H,(H,13,14). The van der Waals surface area contributed by atoms with E-state index in [9.17, 15) is 22.2 Å². The van der Waals surface area contributed by atoms with Gasteiger partial charge in [0.1, 0.15) is 6.10 Å². The van der Waals surface area contributed by atoms with Crippen LogP contribution in [0.25, 0.3) is 0 Å². The number of rotatable bonds is 4. The number of carboxylic acids is 1. The molecule has 1 aromatic carbocycles. The second-order valence-corrected chi connectivity index (χ2v) is 4.58. The Hall–Kier alpha value is -1.51. The van der Waals surface area contributed by atoms with Crippen molar-refractivity contribution < 1.29 is 32.4 Å². The maximum absolute atomic E-state index is 12.5. The summed E-state index contributed by atoms with van der Waals surface area (Å²) in [7, 11) is -4.84. The Balaban J connectivity index is 2.99. The first kappa shape index (κ1) is 13.6. The maximum Gasteiger partial charge on any atom is 0.335 e. The molecular weight excluding hydrogens is 255 g/mol. The van der Waals surface area contributed by atoms with E-state index in [1.165, 1.54) is 0 Å². The molecule has 2 atom stereocenters. The molecule has 0 amide bonds. The highest BCUT2D eigenvalue weighted by Gasteiger charge is 2.25. The summed E-state index contributed by atoms with van der Waals surface area (Å²) in [6.45, 7) is 0. The average Bonchev–Trinajstić information content (AvgIpc) is 2.26. The van der Waals surface area contributed by atoms with Crippen molar-refractivity contribution in [3.8, 4) is 0 Å². The lowest BCUT2D eigenvalue weighted by Crippen LogP contribution is -2.27. The lowest BCUT2D eigenvalue weighted by Gasteiger charge is -2.14. The van der Waals surface area contributed by atoms with Gasteiger partial charge in [0.15, 0.2) is 6.10 Å². The van der Waals surface area contributed by atoms with E-state index < -0.39 is 33.3 Å². The van der Waals surface area contributed by atoms with Gasteiger partial charge >= 0.3 is 16.2 Å². The Bertz CT molecular complexity index is 509. The highest BCUT2D eigenvalue weighted by atomic mass is 32.3. The fourth-order valence-corrected chi connectivity index (χ4v) is 1.61. The highest BCUT2D eigenvalue weighted by molar-refractivity contribution is 7.86. The number of hydrogen-bond acceptors (Lipinski definition) is 5. The number of aliphatic hydroxyl groups is 2. The van der Waals surface area contributed by atoms with Crippen molar-refractivity contribution in [3.63, 3.8) is 0 Å². The van der Waals surface area contributed by atoms with Gasteiger partial charge in [-0.2, -0.15) is 8.42 Å². The highest BCUT2D eigenvalue weighted by Crippen LogP contribution is 2.20. The molecule has 8 heteroatoms. The van der Waals surface area contributed by atoms with E-state index in [2.05, 4.69) is 0 Å². The predicted molar refractivity (Wildman–Crippen MR) is 53.3 cm³/mol. The first-order chi connectivity index (χ1) is 7.73. The summed E-state index contributed by atoms with van der Waals surface area (Å²) in [6, 6.07) is 3.76. The third kappa shape index (κ3) is 3.22. The van der Waals surface area contributed by atoms with Gasteiger partial charge < -0.3 is 15.3 Å². The van der Waals surface area contributed by atoms with E-state index in [-0.39, 0.29) is 5.56 Å². The zero-order valence-corrected chi connectivity index (χ0v) is 9.13. The number of benzene rings is 1. The first-order valence-corrected chi connectivity index (χ1v) is 5.75. The monoisotopic (exact) mass is 264 g/mol. The molecular formula is C9H9FO6S. The molecule has 2 unspecified atom stereocenters. The molecule has 0 aromatic heterocycles. The Labute approximate surface area is 96.2 Å². The molecule has 0 aliphatic heterocycles. The smallest absolute Gasteiger partial charge is 0.335 e. The second kappa shape index (κ2) is 4.78. The lowest BCUT2D eigenvalue weighted by atomic mass is 10.0. The summed E-state index contributed by atoms with van der Waals surface area (Å²) in [6.07, 6.45) is -3.76. The summed E-state index contributed by atoms with van der Waals surface area (Å²) in [5.41, 5.74) is -0.0349.